The second-order valence-electron chi connectivity index (χ2n) is 3.84. The van der Waals surface area contributed by atoms with Gasteiger partial charge in [0.25, 0.3) is 0 Å². The molecule has 0 aliphatic carbocycles. The van der Waals surface area contributed by atoms with E-state index in [0.717, 1.165) is 25.7 Å². The number of ether oxygens (including phenoxy) is 1. The normalized spacial score (nSPS) is 14.9. The minimum Gasteiger partial charge on any atom is -0.463 e. The third-order valence-electron chi connectivity index (χ3n) is 2.12. The van der Waals surface area contributed by atoms with Gasteiger partial charge in [0.1, 0.15) is 0 Å². The number of carbonyl (C=O) groups is 1. The molecule has 2 N–H and O–H groups in total. The van der Waals surface area contributed by atoms with E-state index in [0.29, 0.717) is 6.42 Å². The van der Waals surface area contributed by atoms with E-state index < -0.39 is 0 Å². The summed E-state index contributed by atoms with van der Waals surface area (Å²) in [5.74, 6) is -0.160. The molecule has 0 fully saturated rings. The first-order valence-corrected chi connectivity index (χ1v) is 5.55. The maximum absolute atomic E-state index is 11.3. The molecule has 2 unspecified atom stereocenters. The van der Waals surface area contributed by atoms with E-state index in [4.69, 9.17) is 10.5 Å². The minimum atomic E-state index is -0.160. The van der Waals surface area contributed by atoms with Gasteiger partial charge in [0.2, 0.25) is 0 Å². The molecule has 0 aromatic carbocycles. The van der Waals surface area contributed by atoms with Gasteiger partial charge in [0.15, 0.2) is 0 Å². The summed E-state index contributed by atoms with van der Waals surface area (Å²) in [5.41, 5.74) is 5.73. The van der Waals surface area contributed by atoms with E-state index in [1.165, 1.54) is 0 Å². The fourth-order valence-electron chi connectivity index (χ4n) is 1.42. The summed E-state index contributed by atoms with van der Waals surface area (Å²) in [6.07, 6.45) is 4.24. The van der Waals surface area contributed by atoms with Crippen molar-refractivity contribution in [2.45, 2.75) is 65.0 Å². The minimum absolute atomic E-state index is 0.0290. The van der Waals surface area contributed by atoms with Crippen molar-refractivity contribution >= 4 is 5.97 Å². The first kappa shape index (κ1) is 13.4. The summed E-state index contributed by atoms with van der Waals surface area (Å²) in [6.45, 7) is 6.06. The molecular formula is C11H23NO2. The molecule has 0 aromatic rings. The summed E-state index contributed by atoms with van der Waals surface area (Å²) in [6, 6.07) is -0.0404. The molecule has 2 atom stereocenters. The van der Waals surface area contributed by atoms with Crippen LogP contribution in [0.3, 0.4) is 0 Å². The lowest BCUT2D eigenvalue weighted by molar-refractivity contribution is -0.148. The lowest BCUT2D eigenvalue weighted by Crippen LogP contribution is -2.26. The fraction of sp³-hybridized carbons (Fsp3) is 0.909. The Balaban J connectivity index is 3.63. The van der Waals surface area contributed by atoms with Crippen molar-refractivity contribution in [2.75, 3.05) is 0 Å². The monoisotopic (exact) mass is 201 g/mol. The first-order chi connectivity index (χ1) is 6.60. The molecule has 14 heavy (non-hydrogen) atoms. The highest BCUT2D eigenvalue weighted by atomic mass is 16.5. The number of nitrogens with two attached hydrogens (primary N) is 1. The number of carbonyl (C=O) groups excluding carboxylic acids is 1. The van der Waals surface area contributed by atoms with E-state index >= 15 is 0 Å². The fourth-order valence-corrected chi connectivity index (χ4v) is 1.42. The van der Waals surface area contributed by atoms with Crippen LogP contribution in [-0.2, 0) is 9.53 Å². The molecular weight excluding hydrogens is 178 g/mol. The Morgan fingerprint density at radius 2 is 1.86 bits per heavy atom. The molecule has 0 bridgehead atoms. The molecule has 0 aliphatic heterocycles. The van der Waals surface area contributed by atoms with Gasteiger partial charge in [-0.15, -0.1) is 0 Å². The van der Waals surface area contributed by atoms with Crippen LogP contribution in [-0.4, -0.2) is 18.1 Å². The van der Waals surface area contributed by atoms with Gasteiger partial charge in [-0.3, -0.25) is 4.79 Å². The SMILES string of the molecule is CCCC(N)CC(=O)OC(C)CCC. The zero-order chi connectivity index (χ0) is 11.0. The highest BCUT2D eigenvalue weighted by molar-refractivity contribution is 5.70. The molecule has 0 rings (SSSR count). The molecule has 3 nitrogen and oxygen atoms in total. The average Bonchev–Trinajstić information content (AvgIpc) is 2.03. The highest BCUT2D eigenvalue weighted by Crippen LogP contribution is 2.05. The van der Waals surface area contributed by atoms with Crippen LogP contribution in [0.2, 0.25) is 0 Å². The highest BCUT2D eigenvalue weighted by Gasteiger charge is 2.12. The smallest absolute Gasteiger partial charge is 0.307 e. The molecule has 0 saturated heterocycles. The number of hydrogen-bond donors (Lipinski definition) is 1. The van der Waals surface area contributed by atoms with Crippen LogP contribution >= 0.6 is 0 Å². The summed E-state index contributed by atoms with van der Waals surface area (Å²) in [7, 11) is 0. The predicted molar refractivity (Wildman–Crippen MR) is 58.0 cm³/mol. The van der Waals surface area contributed by atoms with Crippen LogP contribution in [0.4, 0.5) is 0 Å². The number of hydrogen-bond acceptors (Lipinski definition) is 3. The van der Waals surface area contributed by atoms with E-state index in [1.807, 2.05) is 6.92 Å². The van der Waals surface area contributed by atoms with E-state index in [2.05, 4.69) is 13.8 Å². The lowest BCUT2D eigenvalue weighted by atomic mass is 10.1. The van der Waals surface area contributed by atoms with Crippen molar-refractivity contribution < 1.29 is 9.53 Å². The quantitative estimate of drug-likeness (QED) is 0.643. The molecule has 0 amide bonds. The van der Waals surface area contributed by atoms with Crippen LogP contribution in [0.25, 0.3) is 0 Å². The zero-order valence-corrected chi connectivity index (χ0v) is 9.58. The Morgan fingerprint density at radius 3 is 2.36 bits per heavy atom. The van der Waals surface area contributed by atoms with Crippen LogP contribution in [0, 0.1) is 0 Å². The van der Waals surface area contributed by atoms with Crippen molar-refractivity contribution in [1.29, 1.82) is 0 Å². The molecule has 0 aromatic heterocycles. The summed E-state index contributed by atoms with van der Waals surface area (Å²) in [5, 5.41) is 0. The maximum Gasteiger partial charge on any atom is 0.307 e. The van der Waals surface area contributed by atoms with Crippen molar-refractivity contribution in [3.8, 4) is 0 Å². The molecule has 84 valence electrons. The molecule has 3 heteroatoms. The standard InChI is InChI=1S/C11H23NO2/c1-4-6-9(3)14-11(13)8-10(12)7-5-2/h9-10H,4-8,12H2,1-3H3. The largest absolute Gasteiger partial charge is 0.463 e. The summed E-state index contributed by atoms with van der Waals surface area (Å²) < 4.78 is 5.19. The van der Waals surface area contributed by atoms with Gasteiger partial charge >= 0.3 is 5.97 Å². The van der Waals surface area contributed by atoms with Crippen molar-refractivity contribution in [3.05, 3.63) is 0 Å². The Morgan fingerprint density at radius 1 is 1.29 bits per heavy atom. The van der Waals surface area contributed by atoms with Gasteiger partial charge in [0.05, 0.1) is 12.5 Å². The topological polar surface area (TPSA) is 52.3 Å². The van der Waals surface area contributed by atoms with Crippen LogP contribution in [0.5, 0.6) is 0 Å². The van der Waals surface area contributed by atoms with Crippen molar-refractivity contribution in [3.63, 3.8) is 0 Å². The van der Waals surface area contributed by atoms with Gasteiger partial charge in [-0.05, 0) is 19.8 Å². The van der Waals surface area contributed by atoms with Crippen LogP contribution < -0.4 is 5.73 Å². The van der Waals surface area contributed by atoms with Gasteiger partial charge in [0, 0.05) is 6.04 Å². The summed E-state index contributed by atoms with van der Waals surface area (Å²) >= 11 is 0. The molecule has 0 saturated carbocycles. The Kier molecular flexibility index (Phi) is 7.48. The van der Waals surface area contributed by atoms with Gasteiger partial charge < -0.3 is 10.5 Å². The van der Waals surface area contributed by atoms with E-state index in [9.17, 15) is 4.79 Å². The number of rotatable bonds is 7. The second kappa shape index (κ2) is 7.80. The molecule has 0 radical (unpaired) electrons. The molecule has 0 spiro atoms. The van der Waals surface area contributed by atoms with Crippen molar-refractivity contribution in [2.24, 2.45) is 5.73 Å². The van der Waals surface area contributed by atoms with E-state index in [1.54, 1.807) is 0 Å². The maximum atomic E-state index is 11.3. The Bertz CT molecular complexity index is 143. The third-order valence-corrected chi connectivity index (χ3v) is 2.12. The van der Waals surface area contributed by atoms with Crippen molar-refractivity contribution in [1.82, 2.24) is 0 Å². The number of esters is 1. The van der Waals surface area contributed by atoms with E-state index in [-0.39, 0.29) is 18.1 Å². The average molecular weight is 201 g/mol. The van der Waals surface area contributed by atoms with Gasteiger partial charge in [-0.1, -0.05) is 26.7 Å². The molecule has 0 aliphatic rings. The Labute approximate surface area is 87.0 Å². The first-order valence-electron chi connectivity index (χ1n) is 5.55. The Hall–Kier alpha value is -0.570. The zero-order valence-electron chi connectivity index (χ0n) is 9.58. The third kappa shape index (κ3) is 6.89. The van der Waals surface area contributed by atoms with Gasteiger partial charge in [-0.2, -0.15) is 0 Å². The van der Waals surface area contributed by atoms with Gasteiger partial charge in [-0.25, -0.2) is 0 Å². The van der Waals surface area contributed by atoms with Crippen LogP contribution in [0.15, 0.2) is 0 Å². The molecule has 0 heterocycles. The predicted octanol–water partition coefficient (Wildman–Crippen LogP) is 2.24. The summed E-state index contributed by atoms with van der Waals surface area (Å²) in [4.78, 5) is 11.3. The second-order valence-corrected chi connectivity index (χ2v) is 3.84. The van der Waals surface area contributed by atoms with Crippen LogP contribution in [0.1, 0.15) is 52.9 Å². The lowest BCUT2D eigenvalue weighted by Gasteiger charge is -2.14.